The van der Waals surface area contributed by atoms with Gasteiger partial charge in [0.1, 0.15) is 5.54 Å². The Balaban J connectivity index is 4.81. The Bertz CT molecular complexity index is 335. The van der Waals surface area contributed by atoms with Crippen molar-refractivity contribution in [2.24, 2.45) is 4.99 Å². The molecule has 5 heteroatoms. The molecule has 0 bridgehead atoms. The maximum absolute atomic E-state index is 11.9. The average Bonchev–Trinajstić information content (AvgIpc) is 2.34. The van der Waals surface area contributed by atoms with E-state index in [1.807, 2.05) is 6.92 Å². The number of nitrogens with one attached hydrogen (secondary N) is 1. The first-order valence-corrected chi connectivity index (χ1v) is 5.87. The topological polar surface area (TPSA) is 75.6 Å². The van der Waals surface area contributed by atoms with Gasteiger partial charge in [-0.2, -0.15) is 4.99 Å². The molecule has 0 aliphatic rings. The Kier molecular flexibility index (Phi) is 6.36. The summed E-state index contributed by atoms with van der Waals surface area (Å²) in [6.07, 6.45) is 2.69. The predicted octanol–water partition coefficient (Wildman–Crippen LogP) is 1.36. The molecule has 0 aromatic heterocycles. The minimum Gasteiger partial charge on any atom is -0.344 e. The number of hydrogen-bond donors (Lipinski definition) is 1. The van der Waals surface area contributed by atoms with Gasteiger partial charge in [0, 0.05) is 6.42 Å². The summed E-state index contributed by atoms with van der Waals surface area (Å²) in [7, 11) is 0. The van der Waals surface area contributed by atoms with Crippen LogP contribution in [0.15, 0.2) is 4.99 Å². The molecule has 0 rings (SSSR count). The summed E-state index contributed by atoms with van der Waals surface area (Å²) in [5.74, 6) is -0.425. The highest BCUT2D eigenvalue weighted by atomic mass is 16.2. The molecule has 0 aliphatic carbocycles. The Hall–Kier alpha value is -1.48. The molecule has 0 heterocycles. The highest BCUT2D eigenvalue weighted by Gasteiger charge is 2.33. The zero-order chi connectivity index (χ0) is 13.5. The van der Waals surface area contributed by atoms with Crippen LogP contribution < -0.4 is 5.32 Å². The molecule has 1 amide bonds. The van der Waals surface area contributed by atoms with Gasteiger partial charge in [-0.1, -0.05) is 20.8 Å². The number of hydrogen-bond acceptors (Lipinski definition) is 4. The lowest BCUT2D eigenvalue weighted by Crippen LogP contribution is -2.49. The lowest BCUT2D eigenvalue weighted by atomic mass is 9.97. The predicted molar refractivity (Wildman–Crippen MR) is 64.3 cm³/mol. The summed E-state index contributed by atoms with van der Waals surface area (Å²) < 4.78 is 0. The zero-order valence-corrected chi connectivity index (χ0v) is 10.9. The van der Waals surface area contributed by atoms with Crippen molar-refractivity contribution in [3.63, 3.8) is 0 Å². The number of isocyanates is 1. The smallest absolute Gasteiger partial charge is 0.249 e. The minimum atomic E-state index is -1.14. The van der Waals surface area contributed by atoms with Crippen molar-refractivity contribution < 1.29 is 14.4 Å². The number of amides is 1. The van der Waals surface area contributed by atoms with Crippen LogP contribution in [0.4, 0.5) is 0 Å². The third-order valence-electron chi connectivity index (χ3n) is 2.92. The van der Waals surface area contributed by atoms with Gasteiger partial charge in [0.05, 0.1) is 6.04 Å². The van der Waals surface area contributed by atoms with E-state index < -0.39 is 17.5 Å². The molecule has 5 nitrogen and oxygen atoms in total. The van der Waals surface area contributed by atoms with Gasteiger partial charge in [-0.3, -0.25) is 9.59 Å². The van der Waals surface area contributed by atoms with Gasteiger partial charge >= 0.3 is 0 Å². The number of nitrogens with zero attached hydrogens (tertiary/aromatic N) is 1. The van der Waals surface area contributed by atoms with Crippen LogP contribution in [-0.4, -0.2) is 29.4 Å². The summed E-state index contributed by atoms with van der Waals surface area (Å²) in [6, 6.07) is -0.500. The maximum atomic E-state index is 11.9. The van der Waals surface area contributed by atoms with Crippen LogP contribution >= 0.6 is 0 Å². The van der Waals surface area contributed by atoms with Crippen molar-refractivity contribution in [3.05, 3.63) is 0 Å². The van der Waals surface area contributed by atoms with Crippen LogP contribution in [0.1, 0.15) is 47.0 Å². The van der Waals surface area contributed by atoms with E-state index in [2.05, 4.69) is 10.3 Å². The molecule has 0 spiro atoms. The maximum Gasteiger partial charge on any atom is 0.249 e. The van der Waals surface area contributed by atoms with E-state index in [0.29, 0.717) is 19.3 Å². The van der Waals surface area contributed by atoms with E-state index in [4.69, 9.17) is 0 Å². The first kappa shape index (κ1) is 15.5. The van der Waals surface area contributed by atoms with E-state index in [1.165, 1.54) is 6.08 Å². The Morgan fingerprint density at radius 2 is 1.94 bits per heavy atom. The lowest BCUT2D eigenvalue weighted by molar-refractivity contribution is -0.130. The number of Topliss-reactive ketones (excluding diaryl/α,β-unsaturated/α-hetero) is 1. The molecular formula is C12H20N2O3. The molecule has 17 heavy (non-hydrogen) atoms. The summed E-state index contributed by atoms with van der Waals surface area (Å²) in [6.45, 7) is 6.88. The van der Waals surface area contributed by atoms with Gasteiger partial charge in [0.15, 0.2) is 5.78 Å². The lowest BCUT2D eigenvalue weighted by Gasteiger charge is -2.24. The molecular weight excluding hydrogens is 220 g/mol. The quantitative estimate of drug-likeness (QED) is 0.539. The Morgan fingerprint density at radius 3 is 2.29 bits per heavy atom. The molecule has 0 aliphatic heterocycles. The monoisotopic (exact) mass is 240 g/mol. The van der Waals surface area contributed by atoms with Crippen molar-refractivity contribution >= 4 is 17.8 Å². The van der Waals surface area contributed by atoms with Gasteiger partial charge < -0.3 is 5.32 Å². The largest absolute Gasteiger partial charge is 0.344 e. The average molecular weight is 240 g/mol. The van der Waals surface area contributed by atoms with Gasteiger partial charge in [-0.25, -0.2) is 4.79 Å². The molecule has 96 valence electrons. The van der Waals surface area contributed by atoms with Crippen LogP contribution in [0.25, 0.3) is 0 Å². The first-order valence-electron chi connectivity index (χ1n) is 5.87. The Morgan fingerprint density at radius 1 is 1.35 bits per heavy atom. The number of rotatable bonds is 7. The third-order valence-corrected chi connectivity index (χ3v) is 2.92. The van der Waals surface area contributed by atoms with Crippen molar-refractivity contribution in [2.75, 3.05) is 0 Å². The number of aliphatic imine (C=N–C) groups is 1. The molecule has 0 saturated carbocycles. The summed E-state index contributed by atoms with van der Waals surface area (Å²) in [5, 5.41) is 2.63. The molecule has 0 fully saturated rings. The highest BCUT2D eigenvalue weighted by Crippen LogP contribution is 2.15. The Labute approximate surface area is 102 Å². The second-order valence-electron chi connectivity index (χ2n) is 4.08. The van der Waals surface area contributed by atoms with E-state index in [9.17, 15) is 14.4 Å². The van der Waals surface area contributed by atoms with Gasteiger partial charge in [0.2, 0.25) is 12.0 Å². The van der Waals surface area contributed by atoms with Crippen molar-refractivity contribution in [1.82, 2.24) is 5.32 Å². The SMILES string of the molecule is CCC(=O)C(CC)NC(=O)C(C)(CC)N=C=O. The second kappa shape index (κ2) is 6.97. The fourth-order valence-corrected chi connectivity index (χ4v) is 1.36. The molecule has 0 saturated heterocycles. The molecule has 2 unspecified atom stereocenters. The first-order chi connectivity index (χ1) is 7.95. The van der Waals surface area contributed by atoms with Gasteiger partial charge in [-0.05, 0) is 19.8 Å². The van der Waals surface area contributed by atoms with E-state index in [-0.39, 0.29) is 5.78 Å². The number of carbonyl (C=O) groups excluding carboxylic acids is 3. The molecule has 1 N–H and O–H groups in total. The molecule has 0 aromatic carbocycles. The minimum absolute atomic E-state index is 0.0191. The fourth-order valence-electron chi connectivity index (χ4n) is 1.36. The molecule has 0 radical (unpaired) electrons. The van der Waals surface area contributed by atoms with Crippen molar-refractivity contribution in [2.45, 2.75) is 58.5 Å². The van der Waals surface area contributed by atoms with Crippen LogP contribution in [0.5, 0.6) is 0 Å². The van der Waals surface area contributed by atoms with Crippen LogP contribution in [0, 0.1) is 0 Å². The summed E-state index contributed by atoms with van der Waals surface area (Å²) in [5.41, 5.74) is -1.14. The summed E-state index contributed by atoms with van der Waals surface area (Å²) in [4.78, 5) is 37.3. The summed E-state index contributed by atoms with van der Waals surface area (Å²) >= 11 is 0. The second-order valence-corrected chi connectivity index (χ2v) is 4.08. The number of ketones is 1. The van der Waals surface area contributed by atoms with E-state index in [1.54, 1.807) is 20.8 Å². The molecule has 2 atom stereocenters. The highest BCUT2D eigenvalue weighted by molar-refractivity contribution is 5.93. The molecule has 0 aromatic rings. The van der Waals surface area contributed by atoms with Crippen molar-refractivity contribution in [1.29, 1.82) is 0 Å². The van der Waals surface area contributed by atoms with Crippen molar-refractivity contribution in [3.8, 4) is 0 Å². The zero-order valence-electron chi connectivity index (χ0n) is 10.9. The number of carbonyl (C=O) groups is 2. The standard InChI is InChI=1S/C12H20N2O3/c1-5-9(10(16)6-2)14-11(17)12(4,7-3)13-8-15/h9H,5-7H2,1-4H3,(H,14,17). The van der Waals surface area contributed by atoms with Crippen LogP contribution in [-0.2, 0) is 14.4 Å². The van der Waals surface area contributed by atoms with E-state index >= 15 is 0 Å². The third kappa shape index (κ3) is 4.11. The fraction of sp³-hybridized carbons (Fsp3) is 0.750. The van der Waals surface area contributed by atoms with Crippen LogP contribution in [0.2, 0.25) is 0 Å². The van der Waals surface area contributed by atoms with Gasteiger partial charge in [-0.15, -0.1) is 0 Å². The van der Waals surface area contributed by atoms with Crippen LogP contribution in [0.3, 0.4) is 0 Å². The van der Waals surface area contributed by atoms with Gasteiger partial charge in [0.25, 0.3) is 0 Å². The van der Waals surface area contributed by atoms with E-state index in [0.717, 1.165) is 0 Å². The normalized spacial score (nSPS) is 15.3.